The second-order valence-corrected chi connectivity index (χ2v) is 5.57. The predicted octanol–water partition coefficient (Wildman–Crippen LogP) is 1.07. The van der Waals surface area contributed by atoms with Crippen LogP contribution in [0.1, 0.15) is 28.8 Å². The maximum Gasteiger partial charge on any atom is 0.251 e. The van der Waals surface area contributed by atoms with E-state index >= 15 is 0 Å². The maximum absolute atomic E-state index is 12.2. The molecule has 1 atom stereocenters. The molecule has 0 saturated carbocycles. The first-order valence-electron chi connectivity index (χ1n) is 7.45. The summed E-state index contributed by atoms with van der Waals surface area (Å²) in [5.74, 6) is 6.27. The molecule has 1 unspecified atom stereocenters. The molecule has 0 spiro atoms. The Bertz CT molecular complexity index is 544. The Morgan fingerprint density at radius 3 is 3.14 bits per heavy atom. The molecule has 1 aromatic rings. The zero-order valence-corrected chi connectivity index (χ0v) is 12.6. The minimum atomic E-state index is -0.0281. The van der Waals surface area contributed by atoms with Gasteiger partial charge in [0.1, 0.15) is 0 Å². The van der Waals surface area contributed by atoms with E-state index in [9.17, 15) is 4.79 Å². The molecule has 21 heavy (non-hydrogen) atoms. The van der Waals surface area contributed by atoms with Crippen molar-refractivity contribution in [1.82, 2.24) is 10.2 Å². The monoisotopic (exact) mass is 285 g/mol. The molecule has 0 radical (unpaired) electrons. The summed E-state index contributed by atoms with van der Waals surface area (Å²) >= 11 is 0. The predicted molar refractivity (Wildman–Crippen MR) is 84.9 cm³/mol. The van der Waals surface area contributed by atoms with Gasteiger partial charge in [-0.25, -0.2) is 0 Å². The van der Waals surface area contributed by atoms with Crippen molar-refractivity contribution < 1.29 is 4.79 Å². The molecule has 0 bridgehead atoms. The fourth-order valence-corrected chi connectivity index (χ4v) is 2.67. The van der Waals surface area contributed by atoms with Crippen molar-refractivity contribution in [1.29, 1.82) is 0 Å². The maximum atomic E-state index is 12.2. The molecular formula is C17H23N3O. The lowest BCUT2D eigenvalue weighted by Gasteiger charge is -2.29. The summed E-state index contributed by atoms with van der Waals surface area (Å²) in [6, 6.07) is 7.36. The number of carbonyl (C=O) groups is 1. The fourth-order valence-electron chi connectivity index (χ4n) is 2.67. The molecule has 1 aliphatic heterocycles. The van der Waals surface area contributed by atoms with Gasteiger partial charge in [0, 0.05) is 24.2 Å². The van der Waals surface area contributed by atoms with Crippen LogP contribution in [0.5, 0.6) is 0 Å². The number of benzene rings is 1. The number of nitrogens with one attached hydrogen (secondary N) is 1. The summed E-state index contributed by atoms with van der Waals surface area (Å²) < 4.78 is 0. The van der Waals surface area contributed by atoms with E-state index in [1.165, 1.54) is 12.8 Å². The van der Waals surface area contributed by atoms with Gasteiger partial charge in [0.2, 0.25) is 0 Å². The molecule has 0 aliphatic carbocycles. The third kappa shape index (κ3) is 4.89. The van der Waals surface area contributed by atoms with Crippen LogP contribution in [0, 0.1) is 17.8 Å². The highest BCUT2D eigenvalue weighted by Crippen LogP contribution is 2.14. The molecule has 1 fully saturated rings. The molecule has 1 aliphatic rings. The van der Waals surface area contributed by atoms with Crippen LogP contribution in [0.15, 0.2) is 24.3 Å². The second-order valence-electron chi connectivity index (χ2n) is 5.57. The molecule has 1 saturated heterocycles. The number of amides is 1. The first-order valence-corrected chi connectivity index (χ1v) is 7.45. The van der Waals surface area contributed by atoms with Crippen molar-refractivity contribution in [3.05, 3.63) is 35.4 Å². The number of nitrogens with zero attached hydrogens (tertiary/aromatic N) is 1. The summed E-state index contributed by atoms with van der Waals surface area (Å²) in [7, 11) is 2.13. The number of likely N-dealkylation sites (tertiary alicyclic amines) is 1. The Balaban J connectivity index is 1.91. The van der Waals surface area contributed by atoms with Crippen LogP contribution in [-0.4, -0.2) is 44.0 Å². The zero-order valence-electron chi connectivity index (χ0n) is 12.6. The van der Waals surface area contributed by atoms with E-state index in [2.05, 4.69) is 29.1 Å². The number of rotatable bonds is 3. The van der Waals surface area contributed by atoms with E-state index < -0.39 is 0 Å². The molecule has 1 heterocycles. The average Bonchev–Trinajstić information content (AvgIpc) is 2.51. The largest absolute Gasteiger partial charge is 0.352 e. The Morgan fingerprint density at radius 2 is 2.38 bits per heavy atom. The van der Waals surface area contributed by atoms with Crippen LogP contribution in [0.25, 0.3) is 0 Å². The summed E-state index contributed by atoms with van der Waals surface area (Å²) in [4.78, 5) is 14.5. The quantitative estimate of drug-likeness (QED) is 0.817. The zero-order chi connectivity index (χ0) is 15.1. The Labute approximate surface area is 126 Å². The highest BCUT2D eigenvalue weighted by atomic mass is 16.1. The Hall–Kier alpha value is -1.83. The molecule has 112 valence electrons. The normalized spacial score (nSPS) is 18.7. The van der Waals surface area contributed by atoms with Crippen molar-refractivity contribution in [3.8, 4) is 11.8 Å². The number of piperidine rings is 1. The van der Waals surface area contributed by atoms with Gasteiger partial charge in [-0.1, -0.05) is 17.9 Å². The first kappa shape index (κ1) is 15.6. The lowest BCUT2D eigenvalue weighted by molar-refractivity contribution is 0.0937. The standard InChI is InChI=1S/C17H23N3O/c1-20-10-4-7-15(13-20)12-19-17(21)16-8-2-5-14(11-16)6-3-9-18/h2,5,8,11,15H,4,7,9-10,12-13,18H2,1H3,(H,19,21). The molecule has 1 aromatic carbocycles. The molecule has 1 amide bonds. The van der Waals surface area contributed by atoms with Gasteiger partial charge in [0.15, 0.2) is 0 Å². The lowest BCUT2D eigenvalue weighted by atomic mass is 9.98. The third-order valence-corrected chi connectivity index (χ3v) is 3.73. The van der Waals surface area contributed by atoms with Gasteiger partial charge in [-0.15, -0.1) is 0 Å². The van der Waals surface area contributed by atoms with Gasteiger partial charge in [-0.3, -0.25) is 4.79 Å². The lowest BCUT2D eigenvalue weighted by Crippen LogP contribution is -2.39. The van der Waals surface area contributed by atoms with Gasteiger partial charge in [0.25, 0.3) is 5.91 Å². The molecular weight excluding hydrogens is 262 g/mol. The van der Waals surface area contributed by atoms with E-state index in [4.69, 9.17) is 5.73 Å². The number of nitrogens with two attached hydrogens (primary N) is 1. The van der Waals surface area contributed by atoms with Crippen LogP contribution >= 0.6 is 0 Å². The molecule has 2 rings (SSSR count). The van der Waals surface area contributed by atoms with Crippen molar-refractivity contribution in [3.63, 3.8) is 0 Å². The van der Waals surface area contributed by atoms with E-state index in [0.29, 0.717) is 18.0 Å². The molecule has 4 heteroatoms. The molecule has 0 aromatic heterocycles. The van der Waals surface area contributed by atoms with Gasteiger partial charge in [-0.2, -0.15) is 0 Å². The number of hydrogen-bond donors (Lipinski definition) is 2. The average molecular weight is 285 g/mol. The van der Waals surface area contributed by atoms with Crippen LogP contribution in [0.2, 0.25) is 0 Å². The summed E-state index contributed by atoms with van der Waals surface area (Å²) in [6.45, 7) is 3.28. The van der Waals surface area contributed by atoms with E-state index in [-0.39, 0.29) is 5.91 Å². The highest BCUT2D eigenvalue weighted by molar-refractivity contribution is 5.94. The van der Waals surface area contributed by atoms with E-state index in [1.807, 2.05) is 24.3 Å². The van der Waals surface area contributed by atoms with Gasteiger partial charge in [0.05, 0.1) is 6.54 Å². The summed E-state index contributed by atoms with van der Waals surface area (Å²) in [5, 5.41) is 3.03. The molecule has 4 nitrogen and oxygen atoms in total. The van der Waals surface area contributed by atoms with Gasteiger partial charge < -0.3 is 16.0 Å². The van der Waals surface area contributed by atoms with Crippen LogP contribution < -0.4 is 11.1 Å². The van der Waals surface area contributed by atoms with E-state index in [1.54, 1.807) is 0 Å². The summed E-state index contributed by atoms with van der Waals surface area (Å²) in [6.07, 6.45) is 2.40. The van der Waals surface area contributed by atoms with Gasteiger partial charge >= 0.3 is 0 Å². The van der Waals surface area contributed by atoms with Crippen LogP contribution in [0.4, 0.5) is 0 Å². The van der Waals surface area contributed by atoms with Crippen molar-refractivity contribution >= 4 is 5.91 Å². The van der Waals surface area contributed by atoms with Crippen molar-refractivity contribution in [2.45, 2.75) is 12.8 Å². The van der Waals surface area contributed by atoms with Crippen molar-refractivity contribution in [2.75, 3.05) is 33.2 Å². The molecule has 3 N–H and O–H groups in total. The van der Waals surface area contributed by atoms with Crippen LogP contribution in [0.3, 0.4) is 0 Å². The van der Waals surface area contributed by atoms with E-state index in [0.717, 1.165) is 25.2 Å². The number of hydrogen-bond acceptors (Lipinski definition) is 3. The SMILES string of the molecule is CN1CCCC(CNC(=O)c2cccc(C#CCN)c2)C1. The second kappa shape index (κ2) is 7.82. The minimum absolute atomic E-state index is 0.0281. The Kier molecular flexibility index (Phi) is 5.79. The number of carbonyl (C=O) groups excluding carboxylic acids is 1. The van der Waals surface area contributed by atoms with Gasteiger partial charge in [-0.05, 0) is 50.6 Å². The first-order chi connectivity index (χ1) is 10.2. The highest BCUT2D eigenvalue weighted by Gasteiger charge is 2.17. The Morgan fingerprint density at radius 1 is 1.52 bits per heavy atom. The van der Waals surface area contributed by atoms with Crippen LogP contribution in [-0.2, 0) is 0 Å². The minimum Gasteiger partial charge on any atom is -0.352 e. The van der Waals surface area contributed by atoms with Crippen molar-refractivity contribution in [2.24, 2.45) is 11.7 Å². The fraction of sp³-hybridized carbons (Fsp3) is 0.471. The smallest absolute Gasteiger partial charge is 0.251 e. The topological polar surface area (TPSA) is 58.4 Å². The third-order valence-electron chi connectivity index (χ3n) is 3.73. The summed E-state index contributed by atoms with van der Waals surface area (Å²) in [5.41, 5.74) is 6.84.